The van der Waals surface area contributed by atoms with Gasteiger partial charge >= 0.3 is 5.69 Å². The number of sulfonamides is 1. The SMILES string of the molecule is CCCS(=O)(=O)N=Cc1nc(N)c2c(n1)n(Cc1ccccc1)c(=O)n2C(=N)N(C)CCN(C)CC. The summed E-state index contributed by atoms with van der Waals surface area (Å²) in [4.78, 5) is 25.9. The number of rotatable bonds is 10. The molecule has 36 heavy (non-hydrogen) atoms. The molecule has 12 nitrogen and oxygen atoms in total. The molecule has 0 fully saturated rings. The van der Waals surface area contributed by atoms with Crippen LogP contribution in [0.4, 0.5) is 5.82 Å². The maximum atomic E-state index is 13.6. The van der Waals surface area contributed by atoms with E-state index in [9.17, 15) is 13.2 Å². The Kier molecular flexibility index (Phi) is 8.58. The van der Waals surface area contributed by atoms with E-state index in [2.05, 4.69) is 19.3 Å². The average Bonchev–Trinajstić information content (AvgIpc) is 3.12. The summed E-state index contributed by atoms with van der Waals surface area (Å²) in [5.41, 5.74) is 6.98. The number of imidazole rings is 1. The molecule has 3 aromatic rings. The molecule has 194 valence electrons. The second-order valence-electron chi connectivity index (χ2n) is 8.49. The van der Waals surface area contributed by atoms with Crippen molar-refractivity contribution in [2.75, 3.05) is 45.2 Å². The van der Waals surface area contributed by atoms with Gasteiger partial charge in [0.25, 0.3) is 10.0 Å². The predicted octanol–water partition coefficient (Wildman–Crippen LogP) is 1.05. The quantitative estimate of drug-likeness (QED) is 0.300. The molecule has 2 heterocycles. The van der Waals surface area contributed by atoms with Gasteiger partial charge in [-0.2, -0.15) is 4.40 Å². The first-order valence-corrected chi connectivity index (χ1v) is 13.3. The van der Waals surface area contributed by atoms with E-state index in [-0.39, 0.29) is 41.1 Å². The zero-order chi connectivity index (χ0) is 26.5. The zero-order valence-corrected chi connectivity index (χ0v) is 21.9. The molecule has 0 amide bonds. The number of nitrogens with zero attached hydrogens (tertiary/aromatic N) is 7. The van der Waals surface area contributed by atoms with Gasteiger partial charge in [-0.15, -0.1) is 0 Å². The molecule has 0 aliphatic carbocycles. The van der Waals surface area contributed by atoms with E-state index < -0.39 is 15.7 Å². The normalized spacial score (nSPS) is 12.1. The summed E-state index contributed by atoms with van der Waals surface area (Å²) in [7, 11) is 0.0408. The number of nitrogens with one attached hydrogen (secondary N) is 1. The van der Waals surface area contributed by atoms with E-state index in [1.165, 1.54) is 9.13 Å². The minimum atomic E-state index is -3.67. The molecular weight excluding hydrogens is 482 g/mol. The highest BCUT2D eigenvalue weighted by Crippen LogP contribution is 2.19. The number of hydrogen-bond acceptors (Lipinski definition) is 8. The van der Waals surface area contributed by atoms with Crippen LogP contribution < -0.4 is 11.4 Å². The van der Waals surface area contributed by atoms with E-state index in [4.69, 9.17) is 11.1 Å². The van der Waals surface area contributed by atoms with Gasteiger partial charge in [0.1, 0.15) is 5.52 Å². The Morgan fingerprint density at radius 2 is 1.86 bits per heavy atom. The van der Waals surface area contributed by atoms with E-state index >= 15 is 0 Å². The Hall–Kier alpha value is -3.58. The maximum absolute atomic E-state index is 13.6. The van der Waals surface area contributed by atoms with Gasteiger partial charge in [0, 0.05) is 20.1 Å². The van der Waals surface area contributed by atoms with Crippen molar-refractivity contribution in [2.24, 2.45) is 4.40 Å². The minimum Gasteiger partial charge on any atom is -0.382 e. The van der Waals surface area contributed by atoms with Gasteiger partial charge in [-0.1, -0.05) is 44.2 Å². The predicted molar refractivity (Wildman–Crippen MR) is 142 cm³/mol. The highest BCUT2D eigenvalue weighted by Gasteiger charge is 2.23. The third kappa shape index (κ3) is 6.15. The smallest absolute Gasteiger partial charge is 0.337 e. The van der Waals surface area contributed by atoms with Crippen LogP contribution in [0.25, 0.3) is 11.2 Å². The van der Waals surface area contributed by atoms with Crippen LogP contribution in [0.1, 0.15) is 31.7 Å². The molecule has 0 saturated heterocycles. The topological polar surface area (TPSA) is 156 Å². The van der Waals surface area contributed by atoms with E-state index in [0.29, 0.717) is 19.5 Å². The maximum Gasteiger partial charge on any atom is 0.337 e. The van der Waals surface area contributed by atoms with Crippen LogP contribution in [0.2, 0.25) is 0 Å². The highest BCUT2D eigenvalue weighted by molar-refractivity contribution is 7.90. The van der Waals surface area contributed by atoms with Gasteiger partial charge in [-0.3, -0.25) is 9.98 Å². The number of nitrogens with two attached hydrogens (primary N) is 1. The fraction of sp³-hybridized carbons (Fsp3) is 0.435. The van der Waals surface area contributed by atoms with Crippen molar-refractivity contribution in [2.45, 2.75) is 26.8 Å². The highest BCUT2D eigenvalue weighted by atomic mass is 32.2. The largest absolute Gasteiger partial charge is 0.382 e. The lowest BCUT2D eigenvalue weighted by atomic mass is 10.2. The second-order valence-corrected chi connectivity index (χ2v) is 10.3. The molecule has 2 aromatic heterocycles. The minimum absolute atomic E-state index is 0.0388. The Bertz CT molecular complexity index is 1410. The second kappa shape index (κ2) is 11.4. The molecule has 3 rings (SSSR count). The average molecular weight is 516 g/mol. The summed E-state index contributed by atoms with van der Waals surface area (Å²) < 4.78 is 30.3. The first kappa shape index (κ1) is 27.0. The lowest BCUT2D eigenvalue weighted by Crippen LogP contribution is -2.42. The van der Waals surface area contributed by atoms with Crippen LogP contribution in [0, 0.1) is 5.41 Å². The molecular formula is C23H33N9O3S. The van der Waals surface area contributed by atoms with Crippen molar-refractivity contribution < 1.29 is 8.42 Å². The number of anilines is 1. The van der Waals surface area contributed by atoms with E-state index in [1.54, 1.807) is 18.9 Å². The number of nitrogen functional groups attached to an aromatic ring is 1. The summed E-state index contributed by atoms with van der Waals surface area (Å²) in [6.07, 6.45) is 1.46. The molecule has 0 unspecified atom stereocenters. The number of aromatic nitrogens is 4. The Morgan fingerprint density at radius 1 is 1.17 bits per heavy atom. The molecule has 0 atom stereocenters. The molecule has 0 radical (unpaired) electrons. The van der Waals surface area contributed by atoms with Crippen molar-refractivity contribution in [1.82, 2.24) is 28.9 Å². The van der Waals surface area contributed by atoms with Crippen LogP contribution in [0.15, 0.2) is 39.5 Å². The third-order valence-electron chi connectivity index (χ3n) is 5.72. The first-order chi connectivity index (χ1) is 17.1. The van der Waals surface area contributed by atoms with Gasteiger partial charge in [-0.05, 0) is 25.6 Å². The van der Waals surface area contributed by atoms with Gasteiger partial charge in [0.2, 0.25) is 5.96 Å². The number of likely N-dealkylation sites (N-methyl/N-ethyl adjacent to an activating group) is 2. The lowest BCUT2D eigenvalue weighted by Gasteiger charge is -2.23. The summed E-state index contributed by atoms with van der Waals surface area (Å²) in [6, 6.07) is 9.34. The Balaban J connectivity index is 2.14. The summed E-state index contributed by atoms with van der Waals surface area (Å²) >= 11 is 0. The number of benzene rings is 1. The molecule has 13 heteroatoms. The molecule has 0 bridgehead atoms. The summed E-state index contributed by atoms with van der Waals surface area (Å²) in [5.74, 6) is -0.263. The molecule has 1 aromatic carbocycles. The van der Waals surface area contributed by atoms with E-state index in [0.717, 1.165) is 18.3 Å². The summed E-state index contributed by atoms with van der Waals surface area (Å²) in [5, 5.41) is 8.75. The third-order valence-corrected chi connectivity index (χ3v) is 7.07. The van der Waals surface area contributed by atoms with Crippen LogP contribution >= 0.6 is 0 Å². The molecule has 0 aliphatic heterocycles. The van der Waals surface area contributed by atoms with Gasteiger partial charge in [-0.25, -0.2) is 27.7 Å². The Labute approximate surface area is 210 Å². The first-order valence-electron chi connectivity index (χ1n) is 11.7. The fourth-order valence-corrected chi connectivity index (χ4v) is 4.42. The standard InChI is InChI=1S/C23H33N9O3S/c1-5-14-36(34,35)26-15-18-27-20(24)19-21(28-18)31(16-17-10-8-7-9-11-17)23(33)32(19)22(25)30(4)13-12-29(3)6-2/h7-11,15,25H,5-6,12-14,16H2,1-4H3,(H2,24,27,28). The Morgan fingerprint density at radius 3 is 2.50 bits per heavy atom. The van der Waals surface area contributed by atoms with Gasteiger partial charge in [0.15, 0.2) is 17.3 Å². The fourth-order valence-electron chi connectivity index (χ4n) is 3.54. The van der Waals surface area contributed by atoms with Crippen molar-refractivity contribution in [3.05, 3.63) is 52.2 Å². The van der Waals surface area contributed by atoms with Crippen molar-refractivity contribution in [3.8, 4) is 0 Å². The van der Waals surface area contributed by atoms with Crippen molar-refractivity contribution in [3.63, 3.8) is 0 Å². The zero-order valence-electron chi connectivity index (χ0n) is 21.0. The summed E-state index contributed by atoms with van der Waals surface area (Å²) in [6.45, 7) is 6.04. The molecule has 3 N–H and O–H groups in total. The van der Waals surface area contributed by atoms with Crippen molar-refractivity contribution >= 4 is 39.2 Å². The van der Waals surface area contributed by atoms with Crippen molar-refractivity contribution in [1.29, 1.82) is 5.41 Å². The monoisotopic (exact) mass is 515 g/mol. The lowest BCUT2D eigenvalue weighted by molar-refractivity contribution is 0.315. The van der Waals surface area contributed by atoms with Crippen LogP contribution in [0.5, 0.6) is 0 Å². The number of hydrogen-bond donors (Lipinski definition) is 2. The molecule has 0 saturated carbocycles. The van der Waals surface area contributed by atoms with Gasteiger partial charge < -0.3 is 15.5 Å². The van der Waals surface area contributed by atoms with Crippen LogP contribution in [0.3, 0.4) is 0 Å². The molecule has 0 spiro atoms. The van der Waals surface area contributed by atoms with Crippen LogP contribution in [-0.4, -0.2) is 89.0 Å². The van der Waals surface area contributed by atoms with Crippen LogP contribution in [-0.2, 0) is 16.6 Å². The number of fused-ring (bicyclic) bond motifs is 1. The van der Waals surface area contributed by atoms with E-state index in [1.807, 2.05) is 44.3 Å². The molecule has 0 aliphatic rings. The van der Waals surface area contributed by atoms with Gasteiger partial charge in [0.05, 0.1) is 18.5 Å².